The van der Waals surface area contributed by atoms with E-state index in [0.29, 0.717) is 11.3 Å². The molecule has 0 bridgehead atoms. The van der Waals surface area contributed by atoms with Gasteiger partial charge in [-0.2, -0.15) is 0 Å². The van der Waals surface area contributed by atoms with Crippen LogP contribution < -0.4 is 10.2 Å². The minimum Gasteiger partial charge on any atom is -0.322 e. The second-order valence-electron chi connectivity index (χ2n) is 5.89. The number of rotatable bonds is 3. The molecule has 3 rings (SSSR count). The molecule has 5 nitrogen and oxygen atoms in total. The van der Waals surface area contributed by atoms with Crippen LogP contribution in [-0.2, 0) is 9.59 Å². The molecule has 1 aliphatic rings. The molecule has 1 N–H and O–H groups in total. The molecule has 2 aromatic carbocycles. The molecule has 3 amide bonds. The minimum atomic E-state index is -0.270. The predicted octanol–water partition coefficient (Wildman–Crippen LogP) is 3.21. The normalized spacial score (nSPS) is 14.2. The number of hydrogen-bond acceptors (Lipinski definition) is 3. The largest absolute Gasteiger partial charge is 0.322 e. The maximum Gasteiger partial charge on any atom is 0.255 e. The van der Waals surface area contributed by atoms with Gasteiger partial charge >= 0.3 is 0 Å². The Morgan fingerprint density at radius 3 is 2.17 bits per heavy atom. The molecule has 0 aliphatic carbocycles. The number of imide groups is 1. The molecule has 122 valence electrons. The average Bonchev–Trinajstić information content (AvgIpc) is 2.90. The van der Waals surface area contributed by atoms with Crippen molar-refractivity contribution in [3.8, 4) is 0 Å². The van der Waals surface area contributed by atoms with E-state index in [1.165, 1.54) is 0 Å². The Labute approximate surface area is 140 Å². The van der Waals surface area contributed by atoms with E-state index in [-0.39, 0.29) is 30.6 Å². The Morgan fingerprint density at radius 2 is 1.54 bits per heavy atom. The molecule has 1 aliphatic heterocycles. The molecule has 0 saturated carbocycles. The van der Waals surface area contributed by atoms with Crippen LogP contribution in [0.2, 0.25) is 0 Å². The van der Waals surface area contributed by atoms with Crippen molar-refractivity contribution in [1.82, 2.24) is 0 Å². The number of amides is 3. The summed E-state index contributed by atoms with van der Waals surface area (Å²) in [7, 11) is 0. The number of para-hydroxylation sites is 1. The SMILES string of the molecule is Cc1cccc(C)c1NC(=O)c1cccc(N2C(=O)CCC2=O)c1. The Balaban J connectivity index is 1.87. The van der Waals surface area contributed by atoms with Gasteiger partial charge in [0, 0.05) is 24.1 Å². The van der Waals surface area contributed by atoms with Crippen molar-refractivity contribution in [3.05, 3.63) is 59.2 Å². The van der Waals surface area contributed by atoms with Crippen LogP contribution in [0.5, 0.6) is 0 Å². The quantitative estimate of drug-likeness (QED) is 0.882. The van der Waals surface area contributed by atoms with E-state index >= 15 is 0 Å². The number of nitrogens with one attached hydrogen (secondary N) is 1. The third-order valence-corrected chi connectivity index (χ3v) is 4.14. The van der Waals surface area contributed by atoms with Crippen molar-refractivity contribution in [1.29, 1.82) is 0 Å². The number of carbonyl (C=O) groups excluding carboxylic acids is 3. The maximum absolute atomic E-state index is 12.5. The fourth-order valence-corrected chi connectivity index (χ4v) is 2.85. The van der Waals surface area contributed by atoms with Gasteiger partial charge < -0.3 is 5.32 Å². The lowest BCUT2D eigenvalue weighted by Crippen LogP contribution is -2.28. The van der Waals surface area contributed by atoms with Gasteiger partial charge in [0.2, 0.25) is 11.8 Å². The molecule has 1 heterocycles. The first kappa shape index (κ1) is 15.9. The summed E-state index contributed by atoms with van der Waals surface area (Å²) in [6, 6.07) is 12.4. The smallest absolute Gasteiger partial charge is 0.255 e. The molecule has 0 aromatic heterocycles. The van der Waals surface area contributed by atoms with E-state index < -0.39 is 0 Å². The Morgan fingerprint density at radius 1 is 0.958 bits per heavy atom. The first-order valence-electron chi connectivity index (χ1n) is 7.81. The molecule has 0 radical (unpaired) electrons. The molecule has 5 heteroatoms. The van der Waals surface area contributed by atoms with Crippen LogP contribution in [0.25, 0.3) is 0 Å². The van der Waals surface area contributed by atoms with Gasteiger partial charge in [-0.3, -0.25) is 19.3 Å². The molecule has 24 heavy (non-hydrogen) atoms. The Kier molecular flexibility index (Phi) is 4.16. The lowest BCUT2D eigenvalue weighted by atomic mass is 10.1. The third-order valence-electron chi connectivity index (χ3n) is 4.14. The van der Waals surface area contributed by atoms with Crippen molar-refractivity contribution in [2.75, 3.05) is 10.2 Å². The molecular formula is C19H18N2O3. The van der Waals surface area contributed by atoms with Crippen molar-refractivity contribution < 1.29 is 14.4 Å². The van der Waals surface area contributed by atoms with Gasteiger partial charge in [-0.05, 0) is 43.2 Å². The van der Waals surface area contributed by atoms with Gasteiger partial charge in [0.05, 0.1) is 5.69 Å². The number of aryl methyl sites for hydroxylation is 2. The number of anilines is 2. The summed E-state index contributed by atoms with van der Waals surface area (Å²) in [5.41, 5.74) is 3.58. The number of hydrogen-bond donors (Lipinski definition) is 1. The van der Waals surface area contributed by atoms with Crippen molar-refractivity contribution in [2.24, 2.45) is 0 Å². The highest BCUT2D eigenvalue weighted by Gasteiger charge is 2.30. The Hall–Kier alpha value is -2.95. The van der Waals surface area contributed by atoms with E-state index in [9.17, 15) is 14.4 Å². The van der Waals surface area contributed by atoms with Crippen molar-refractivity contribution >= 4 is 29.1 Å². The monoisotopic (exact) mass is 322 g/mol. The first-order valence-corrected chi connectivity index (χ1v) is 7.81. The van der Waals surface area contributed by atoms with Crippen LogP contribution in [-0.4, -0.2) is 17.7 Å². The fraction of sp³-hybridized carbons (Fsp3) is 0.211. The summed E-state index contributed by atoms with van der Waals surface area (Å²) in [5.74, 6) is -0.729. The van der Waals surface area contributed by atoms with Gasteiger partial charge in [-0.25, -0.2) is 0 Å². The summed E-state index contributed by atoms with van der Waals surface area (Å²) >= 11 is 0. The summed E-state index contributed by atoms with van der Waals surface area (Å²) in [4.78, 5) is 37.4. The van der Waals surface area contributed by atoms with E-state index in [2.05, 4.69) is 5.32 Å². The Bertz CT molecular complexity index is 806. The highest BCUT2D eigenvalue weighted by Crippen LogP contribution is 2.25. The maximum atomic E-state index is 12.5. The summed E-state index contributed by atoms with van der Waals surface area (Å²) in [6.45, 7) is 3.86. The highest BCUT2D eigenvalue weighted by molar-refractivity contribution is 6.20. The van der Waals surface area contributed by atoms with Crippen LogP contribution in [0, 0.1) is 13.8 Å². The summed E-state index contributed by atoms with van der Waals surface area (Å²) in [6.07, 6.45) is 0.440. The average molecular weight is 322 g/mol. The lowest BCUT2D eigenvalue weighted by Gasteiger charge is -2.15. The van der Waals surface area contributed by atoms with Crippen molar-refractivity contribution in [2.45, 2.75) is 26.7 Å². The highest BCUT2D eigenvalue weighted by atomic mass is 16.2. The van der Waals surface area contributed by atoms with Gasteiger partial charge in [-0.15, -0.1) is 0 Å². The van der Waals surface area contributed by atoms with Gasteiger partial charge in [0.25, 0.3) is 5.91 Å². The molecule has 0 spiro atoms. The van der Waals surface area contributed by atoms with Crippen molar-refractivity contribution in [3.63, 3.8) is 0 Å². The van der Waals surface area contributed by atoms with Gasteiger partial charge in [0.15, 0.2) is 0 Å². The molecular weight excluding hydrogens is 304 g/mol. The summed E-state index contributed by atoms with van der Waals surface area (Å²) < 4.78 is 0. The topological polar surface area (TPSA) is 66.5 Å². The second kappa shape index (κ2) is 6.28. The molecule has 0 atom stereocenters. The van der Waals surface area contributed by atoms with Crippen LogP contribution in [0.15, 0.2) is 42.5 Å². The molecule has 2 aromatic rings. The zero-order valence-corrected chi connectivity index (χ0v) is 13.6. The predicted molar refractivity (Wildman–Crippen MR) is 92.0 cm³/mol. The van der Waals surface area contributed by atoms with Gasteiger partial charge in [0.1, 0.15) is 0 Å². The van der Waals surface area contributed by atoms with E-state index in [4.69, 9.17) is 0 Å². The van der Waals surface area contributed by atoms with Crippen LogP contribution in [0.4, 0.5) is 11.4 Å². The summed E-state index contributed by atoms with van der Waals surface area (Å²) in [5, 5.41) is 2.91. The zero-order valence-electron chi connectivity index (χ0n) is 13.6. The zero-order chi connectivity index (χ0) is 17.3. The molecule has 1 fully saturated rings. The molecule has 0 unspecified atom stereocenters. The van der Waals surface area contributed by atoms with E-state index in [0.717, 1.165) is 21.7 Å². The minimum absolute atomic E-state index is 0.220. The number of nitrogens with zero attached hydrogens (tertiary/aromatic N) is 1. The standard InChI is InChI=1S/C19H18N2O3/c1-12-5-3-6-13(2)18(12)20-19(24)14-7-4-8-15(11-14)21-16(22)9-10-17(21)23/h3-8,11H,9-10H2,1-2H3,(H,20,24). The van der Waals surface area contributed by atoms with Crippen LogP contribution >= 0.6 is 0 Å². The van der Waals surface area contributed by atoms with Crippen LogP contribution in [0.1, 0.15) is 34.3 Å². The fourth-order valence-electron chi connectivity index (χ4n) is 2.85. The second-order valence-corrected chi connectivity index (χ2v) is 5.89. The van der Waals surface area contributed by atoms with E-state index in [1.807, 2.05) is 32.0 Å². The number of benzene rings is 2. The first-order chi connectivity index (χ1) is 11.5. The van der Waals surface area contributed by atoms with Gasteiger partial charge in [-0.1, -0.05) is 24.3 Å². The van der Waals surface area contributed by atoms with Crippen LogP contribution in [0.3, 0.4) is 0 Å². The van der Waals surface area contributed by atoms with E-state index in [1.54, 1.807) is 24.3 Å². The third kappa shape index (κ3) is 2.93. The molecule has 1 saturated heterocycles. The lowest BCUT2D eigenvalue weighted by molar-refractivity contribution is -0.121. The number of carbonyl (C=O) groups is 3.